The normalized spacial score (nSPS) is 10.1. The number of nitrogens with zero attached hydrogens (tertiary/aromatic N) is 1. The Morgan fingerprint density at radius 3 is 2.53 bits per heavy atom. The van der Waals surface area contributed by atoms with Gasteiger partial charge in [0.15, 0.2) is 0 Å². The van der Waals surface area contributed by atoms with Crippen LogP contribution < -0.4 is 0 Å². The van der Waals surface area contributed by atoms with Gasteiger partial charge in [0.2, 0.25) is 0 Å². The second-order valence-electron chi connectivity index (χ2n) is 4.60. The minimum Gasteiger partial charge on any atom is -0.377 e. The summed E-state index contributed by atoms with van der Waals surface area (Å²) in [7, 11) is 0. The molecule has 1 aromatic carbocycles. The first kappa shape index (κ1) is 15.6. The molecule has 0 spiro atoms. The lowest BCUT2D eigenvalue weighted by molar-refractivity contribution is 0.119. The van der Waals surface area contributed by atoms with Crippen molar-refractivity contribution in [1.82, 2.24) is 4.98 Å². The van der Waals surface area contributed by atoms with Crippen molar-refractivity contribution in [1.29, 1.82) is 0 Å². The standard InChI is InChI=1S/C14H17NO.C3H8/c1-2-3-10-16-11-12-8-9-15-14-7-5-4-6-13(12)14;1-3-2/h4-9H,2-3,10-11H2,1H3;3H2,1-2H3. The summed E-state index contributed by atoms with van der Waals surface area (Å²) in [6, 6.07) is 10.2. The van der Waals surface area contributed by atoms with Gasteiger partial charge in [-0.05, 0) is 24.1 Å². The molecule has 0 saturated carbocycles. The van der Waals surface area contributed by atoms with E-state index in [4.69, 9.17) is 4.74 Å². The lowest BCUT2D eigenvalue weighted by Gasteiger charge is -2.06. The zero-order valence-electron chi connectivity index (χ0n) is 12.4. The van der Waals surface area contributed by atoms with Crippen molar-refractivity contribution in [3.63, 3.8) is 0 Å². The van der Waals surface area contributed by atoms with Gasteiger partial charge in [-0.25, -0.2) is 0 Å². The molecule has 19 heavy (non-hydrogen) atoms. The molecular weight excluding hydrogens is 234 g/mol. The van der Waals surface area contributed by atoms with Crippen LogP contribution in [0.4, 0.5) is 0 Å². The Balaban J connectivity index is 0.000000550. The molecule has 0 aliphatic rings. The Labute approximate surface area is 116 Å². The summed E-state index contributed by atoms with van der Waals surface area (Å²) in [5.74, 6) is 0. The maximum Gasteiger partial charge on any atom is 0.0723 e. The highest BCUT2D eigenvalue weighted by atomic mass is 16.5. The molecule has 1 aromatic heterocycles. The molecule has 0 N–H and O–H groups in total. The Morgan fingerprint density at radius 2 is 1.79 bits per heavy atom. The Hall–Kier alpha value is -1.41. The van der Waals surface area contributed by atoms with E-state index in [1.807, 2.05) is 30.5 Å². The SMILES string of the molecule is CCC.CCCCOCc1ccnc2ccccc12. The highest BCUT2D eigenvalue weighted by Crippen LogP contribution is 2.16. The van der Waals surface area contributed by atoms with E-state index in [2.05, 4.69) is 31.8 Å². The van der Waals surface area contributed by atoms with Crippen LogP contribution in [0.5, 0.6) is 0 Å². The minimum atomic E-state index is 0.684. The molecular formula is C17H25NO. The fourth-order valence-electron chi connectivity index (χ4n) is 1.71. The van der Waals surface area contributed by atoms with Gasteiger partial charge in [0.1, 0.15) is 0 Å². The van der Waals surface area contributed by atoms with Crippen LogP contribution in [-0.2, 0) is 11.3 Å². The summed E-state index contributed by atoms with van der Waals surface area (Å²) in [6.07, 6.45) is 5.40. The van der Waals surface area contributed by atoms with Gasteiger partial charge in [0, 0.05) is 18.2 Å². The van der Waals surface area contributed by atoms with Crippen molar-refractivity contribution < 1.29 is 4.74 Å². The average Bonchev–Trinajstić information content (AvgIpc) is 2.45. The largest absolute Gasteiger partial charge is 0.377 e. The number of hydrogen-bond acceptors (Lipinski definition) is 2. The van der Waals surface area contributed by atoms with E-state index in [-0.39, 0.29) is 0 Å². The molecule has 0 radical (unpaired) electrons. The number of fused-ring (bicyclic) bond motifs is 1. The van der Waals surface area contributed by atoms with Crippen LogP contribution in [0.15, 0.2) is 36.5 Å². The molecule has 0 bridgehead atoms. The van der Waals surface area contributed by atoms with Crippen molar-refractivity contribution in [2.24, 2.45) is 0 Å². The van der Waals surface area contributed by atoms with Crippen LogP contribution in [0.25, 0.3) is 10.9 Å². The van der Waals surface area contributed by atoms with Gasteiger partial charge >= 0.3 is 0 Å². The molecule has 0 aliphatic heterocycles. The van der Waals surface area contributed by atoms with E-state index < -0.39 is 0 Å². The van der Waals surface area contributed by atoms with Gasteiger partial charge in [0.25, 0.3) is 0 Å². The minimum absolute atomic E-state index is 0.684. The number of unbranched alkanes of at least 4 members (excludes halogenated alkanes) is 1. The molecule has 2 rings (SSSR count). The van der Waals surface area contributed by atoms with Gasteiger partial charge in [-0.3, -0.25) is 4.98 Å². The Morgan fingerprint density at radius 1 is 1.05 bits per heavy atom. The third-order valence-electron chi connectivity index (χ3n) is 2.64. The smallest absolute Gasteiger partial charge is 0.0723 e. The number of benzene rings is 1. The van der Waals surface area contributed by atoms with Gasteiger partial charge in [-0.2, -0.15) is 0 Å². The predicted octanol–water partition coefficient (Wildman–Crippen LogP) is 4.97. The number of para-hydroxylation sites is 1. The summed E-state index contributed by atoms with van der Waals surface area (Å²) in [6.45, 7) is 7.95. The maximum absolute atomic E-state index is 5.64. The summed E-state index contributed by atoms with van der Waals surface area (Å²) in [5.41, 5.74) is 2.26. The van der Waals surface area contributed by atoms with Crippen LogP contribution in [0.2, 0.25) is 0 Å². The first-order chi connectivity index (χ1) is 9.33. The van der Waals surface area contributed by atoms with E-state index in [1.165, 1.54) is 23.8 Å². The quantitative estimate of drug-likeness (QED) is 0.707. The third-order valence-corrected chi connectivity index (χ3v) is 2.64. The third kappa shape index (κ3) is 5.39. The summed E-state index contributed by atoms with van der Waals surface area (Å²) < 4.78 is 5.64. The fraction of sp³-hybridized carbons (Fsp3) is 0.471. The topological polar surface area (TPSA) is 22.1 Å². The van der Waals surface area contributed by atoms with Gasteiger partial charge < -0.3 is 4.74 Å². The molecule has 104 valence electrons. The lowest BCUT2D eigenvalue weighted by atomic mass is 10.1. The Kier molecular flexibility index (Phi) is 7.83. The number of hydrogen-bond donors (Lipinski definition) is 0. The van der Waals surface area contributed by atoms with Crippen molar-refractivity contribution >= 4 is 10.9 Å². The predicted molar refractivity (Wildman–Crippen MR) is 82.3 cm³/mol. The highest BCUT2D eigenvalue weighted by molar-refractivity contribution is 5.81. The van der Waals surface area contributed by atoms with Crippen LogP contribution >= 0.6 is 0 Å². The Bertz CT molecular complexity index is 462. The number of aromatic nitrogens is 1. The zero-order valence-corrected chi connectivity index (χ0v) is 12.4. The van der Waals surface area contributed by atoms with Gasteiger partial charge in [-0.1, -0.05) is 51.8 Å². The van der Waals surface area contributed by atoms with Gasteiger partial charge in [-0.15, -0.1) is 0 Å². The molecule has 0 saturated heterocycles. The maximum atomic E-state index is 5.64. The first-order valence-corrected chi connectivity index (χ1v) is 7.23. The molecule has 1 heterocycles. The van der Waals surface area contributed by atoms with Crippen molar-refractivity contribution in [2.45, 2.75) is 46.6 Å². The van der Waals surface area contributed by atoms with Crippen molar-refractivity contribution in [3.05, 3.63) is 42.1 Å². The molecule has 2 heteroatoms. The number of pyridine rings is 1. The van der Waals surface area contributed by atoms with Gasteiger partial charge in [0.05, 0.1) is 12.1 Å². The summed E-state index contributed by atoms with van der Waals surface area (Å²) in [4.78, 5) is 4.33. The van der Waals surface area contributed by atoms with Crippen molar-refractivity contribution in [3.8, 4) is 0 Å². The molecule has 2 nitrogen and oxygen atoms in total. The monoisotopic (exact) mass is 259 g/mol. The van der Waals surface area contributed by atoms with E-state index in [9.17, 15) is 0 Å². The first-order valence-electron chi connectivity index (χ1n) is 7.23. The molecule has 2 aromatic rings. The molecule has 0 fully saturated rings. The molecule has 0 atom stereocenters. The van der Waals surface area contributed by atoms with Crippen LogP contribution in [0.1, 0.15) is 45.6 Å². The summed E-state index contributed by atoms with van der Waals surface area (Å²) >= 11 is 0. The second kappa shape index (κ2) is 9.51. The number of rotatable bonds is 5. The summed E-state index contributed by atoms with van der Waals surface area (Å²) in [5, 5.41) is 1.20. The highest BCUT2D eigenvalue weighted by Gasteiger charge is 2.00. The number of ether oxygens (including phenoxy) is 1. The second-order valence-corrected chi connectivity index (χ2v) is 4.60. The van der Waals surface area contributed by atoms with E-state index in [1.54, 1.807) is 0 Å². The zero-order chi connectivity index (χ0) is 13.9. The van der Waals surface area contributed by atoms with Crippen LogP contribution in [-0.4, -0.2) is 11.6 Å². The molecule has 0 aliphatic carbocycles. The average molecular weight is 259 g/mol. The van der Waals surface area contributed by atoms with E-state index in [0.717, 1.165) is 18.5 Å². The fourth-order valence-corrected chi connectivity index (χ4v) is 1.71. The van der Waals surface area contributed by atoms with Crippen LogP contribution in [0, 0.1) is 0 Å². The van der Waals surface area contributed by atoms with E-state index in [0.29, 0.717) is 6.61 Å². The van der Waals surface area contributed by atoms with Crippen molar-refractivity contribution in [2.75, 3.05) is 6.61 Å². The van der Waals surface area contributed by atoms with Crippen LogP contribution in [0.3, 0.4) is 0 Å². The van der Waals surface area contributed by atoms with E-state index >= 15 is 0 Å². The molecule has 0 unspecified atom stereocenters. The lowest BCUT2D eigenvalue weighted by Crippen LogP contribution is -1.96. The molecule has 0 amide bonds.